The number of amides is 2. The molecule has 0 unspecified atom stereocenters. The third kappa shape index (κ3) is 4.65. The minimum absolute atomic E-state index is 0.124. The van der Waals surface area contributed by atoms with E-state index in [1.165, 1.54) is 9.21 Å². The number of hydrogen-bond donors (Lipinski definition) is 1. The predicted molar refractivity (Wildman–Crippen MR) is 130 cm³/mol. The van der Waals surface area contributed by atoms with Gasteiger partial charge in [0.1, 0.15) is 12.6 Å². The van der Waals surface area contributed by atoms with Crippen LogP contribution < -0.4 is 15.1 Å². The Hall–Kier alpha value is -2.98. The van der Waals surface area contributed by atoms with E-state index in [4.69, 9.17) is 0 Å². The summed E-state index contributed by atoms with van der Waals surface area (Å²) in [5.41, 5.74) is 2.11. The first kappa shape index (κ1) is 24.2. The van der Waals surface area contributed by atoms with Gasteiger partial charge in [0.15, 0.2) is 0 Å². The summed E-state index contributed by atoms with van der Waals surface area (Å²) < 4.78 is 27.7. The number of carbonyl (C=O) groups excluding carboxylic acids is 2. The van der Waals surface area contributed by atoms with Gasteiger partial charge in [-0.1, -0.05) is 19.9 Å². The van der Waals surface area contributed by atoms with E-state index in [1.54, 1.807) is 50.5 Å². The monoisotopic (exact) mass is 485 g/mol. The molecule has 0 bridgehead atoms. The van der Waals surface area contributed by atoms with Crippen molar-refractivity contribution in [3.05, 3.63) is 48.3 Å². The SMILES string of the molecule is CCN(CC)S(=O)(=O)c1ccc2c(c1)N(CC(=O)NCc1cccnc1)C(=O)[C@H]1CCCCN21. The van der Waals surface area contributed by atoms with Crippen LogP contribution in [0.3, 0.4) is 0 Å². The second-order valence-corrected chi connectivity index (χ2v) is 10.4. The van der Waals surface area contributed by atoms with E-state index in [-0.39, 0.29) is 29.3 Å². The van der Waals surface area contributed by atoms with Gasteiger partial charge in [0.05, 0.1) is 16.3 Å². The number of nitrogens with zero attached hydrogens (tertiary/aromatic N) is 4. The molecule has 182 valence electrons. The standard InChI is InChI=1S/C24H31N5O4S/c1-3-27(4-2)34(32,33)19-10-11-20-22(14-19)29(24(31)21-9-5-6-13-28(20)21)17-23(30)26-16-18-8-7-12-25-15-18/h7-8,10-12,14-15,21H,3-6,9,13,16-17H2,1-2H3,(H,26,30)/t21-/m1/s1. The molecule has 1 fully saturated rings. The molecule has 1 aromatic heterocycles. The van der Waals surface area contributed by atoms with Crippen LogP contribution in [0.2, 0.25) is 0 Å². The van der Waals surface area contributed by atoms with Crippen LogP contribution in [-0.4, -0.2) is 61.7 Å². The summed E-state index contributed by atoms with van der Waals surface area (Å²) in [5, 5.41) is 2.84. The minimum Gasteiger partial charge on any atom is -0.358 e. The number of aromatic nitrogens is 1. The van der Waals surface area contributed by atoms with Gasteiger partial charge in [0.2, 0.25) is 21.8 Å². The van der Waals surface area contributed by atoms with E-state index in [1.807, 2.05) is 6.07 Å². The summed E-state index contributed by atoms with van der Waals surface area (Å²) in [6, 6.07) is 8.24. The highest BCUT2D eigenvalue weighted by molar-refractivity contribution is 7.89. The molecule has 9 nitrogen and oxygen atoms in total. The van der Waals surface area contributed by atoms with Crippen molar-refractivity contribution in [3.63, 3.8) is 0 Å². The summed E-state index contributed by atoms with van der Waals surface area (Å²) in [7, 11) is -3.71. The largest absolute Gasteiger partial charge is 0.358 e. The lowest BCUT2D eigenvalue weighted by Gasteiger charge is -2.45. The lowest BCUT2D eigenvalue weighted by Crippen LogP contribution is -2.57. The average molecular weight is 486 g/mol. The van der Waals surface area contributed by atoms with E-state index in [9.17, 15) is 18.0 Å². The van der Waals surface area contributed by atoms with Gasteiger partial charge in [0, 0.05) is 38.6 Å². The summed E-state index contributed by atoms with van der Waals surface area (Å²) in [5.74, 6) is -0.481. The molecule has 0 saturated carbocycles. The van der Waals surface area contributed by atoms with Gasteiger partial charge in [-0.05, 0) is 49.1 Å². The number of benzene rings is 1. The second kappa shape index (κ2) is 10.1. The highest BCUT2D eigenvalue weighted by Gasteiger charge is 2.40. The van der Waals surface area contributed by atoms with Gasteiger partial charge in [0.25, 0.3) is 0 Å². The van der Waals surface area contributed by atoms with Gasteiger partial charge in [-0.2, -0.15) is 4.31 Å². The number of pyridine rings is 1. The number of rotatable bonds is 8. The van der Waals surface area contributed by atoms with Crippen molar-refractivity contribution in [2.75, 3.05) is 36.0 Å². The molecule has 34 heavy (non-hydrogen) atoms. The fourth-order valence-corrected chi connectivity index (χ4v) is 6.16. The zero-order valence-corrected chi connectivity index (χ0v) is 20.4. The molecule has 2 aromatic rings. The fraction of sp³-hybridized carbons (Fsp3) is 0.458. The Balaban J connectivity index is 1.66. The van der Waals surface area contributed by atoms with Crippen molar-refractivity contribution in [2.24, 2.45) is 0 Å². The van der Waals surface area contributed by atoms with Crippen LogP contribution >= 0.6 is 0 Å². The number of piperidine rings is 1. The van der Waals surface area contributed by atoms with Gasteiger partial charge in [-0.3, -0.25) is 19.5 Å². The molecule has 2 amide bonds. The Morgan fingerprint density at radius 3 is 2.68 bits per heavy atom. The first-order valence-electron chi connectivity index (χ1n) is 11.7. The molecule has 0 radical (unpaired) electrons. The molecular formula is C24H31N5O4S. The third-order valence-electron chi connectivity index (χ3n) is 6.46. The maximum atomic E-state index is 13.5. The summed E-state index contributed by atoms with van der Waals surface area (Å²) in [6.07, 6.45) is 5.96. The Morgan fingerprint density at radius 1 is 1.18 bits per heavy atom. The molecule has 1 N–H and O–H groups in total. The first-order chi connectivity index (χ1) is 16.4. The highest BCUT2D eigenvalue weighted by Crippen LogP contribution is 2.40. The van der Waals surface area contributed by atoms with Crippen LogP contribution in [0.1, 0.15) is 38.7 Å². The number of carbonyl (C=O) groups is 2. The van der Waals surface area contributed by atoms with Gasteiger partial charge < -0.3 is 10.2 Å². The lowest BCUT2D eigenvalue weighted by molar-refractivity contribution is -0.125. The number of nitrogens with one attached hydrogen (secondary N) is 1. The number of sulfonamides is 1. The molecule has 0 aliphatic carbocycles. The minimum atomic E-state index is -3.71. The van der Waals surface area contributed by atoms with E-state index in [2.05, 4.69) is 15.2 Å². The zero-order chi connectivity index (χ0) is 24.3. The predicted octanol–water partition coefficient (Wildman–Crippen LogP) is 2.13. The first-order valence-corrected chi connectivity index (χ1v) is 13.2. The Bertz CT molecular complexity index is 1150. The van der Waals surface area contributed by atoms with Crippen molar-refractivity contribution in [1.82, 2.24) is 14.6 Å². The third-order valence-corrected chi connectivity index (χ3v) is 8.50. The fourth-order valence-electron chi connectivity index (χ4n) is 4.68. The highest BCUT2D eigenvalue weighted by atomic mass is 32.2. The smallest absolute Gasteiger partial charge is 0.250 e. The average Bonchev–Trinajstić information content (AvgIpc) is 2.86. The molecule has 3 heterocycles. The quantitative estimate of drug-likeness (QED) is 0.615. The molecule has 1 atom stereocenters. The Morgan fingerprint density at radius 2 is 1.97 bits per heavy atom. The Labute approximate surface area is 200 Å². The molecule has 2 aliphatic heterocycles. The van der Waals surface area contributed by atoms with Gasteiger partial charge in [-0.25, -0.2) is 8.42 Å². The van der Waals surface area contributed by atoms with E-state index >= 15 is 0 Å². The van der Waals surface area contributed by atoms with Crippen molar-refractivity contribution in [2.45, 2.75) is 50.6 Å². The number of anilines is 2. The summed E-state index contributed by atoms with van der Waals surface area (Å²) >= 11 is 0. The van der Waals surface area contributed by atoms with Crippen molar-refractivity contribution in [1.29, 1.82) is 0 Å². The molecule has 4 rings (SSSR count). The molecule has 0 spiro atoms. The molecule has 2 aliphatic rings. The van der Waals surface area contributed by atoms with Gasteiger partial charge in [-0.15, -0.1) is 0 Å². The van der Waals surface area contributed by atoms with Crippen LogP contribution in [0.5, 0.6) is 0 Å². The lowest BCUT2D eigenvalue weighted by atomic mass is 9.96. The summed E-state index contributed by atoms with van der Waals surface area (Å²) in [6.45, 7) is 5.14. The van der Waals surface area contributed by atoms with Crippen molar-refractivity contribution >= 4 is 33.2 Å². The maximum absolute atomic E-state index is 13.5. The van der Waals surface area contributed by atoms with Crippen LogP contribution in [0.25, 0.3) is 0 Å². The van der Waals surface area contributed by atoms with E-state index in [0.717, 1.165) is 30.6 Å². The number of fused-ring (bicyclic) bond motifs is 3. The number of hydrogen-bond acceptors (Lipinski definition) is 6. The van der Waals surface area contributed by atoms with Crippen LogP contribution in [-0.2, 0) is 26.2 Å². The topological polar surface area (TPSA) is 103 Å². The summed E-state index contributed by atoms with van der Waals surface area (Å²) in [4.78, 5) is 34.0. The molecule has 1 saturated heterocycles. The second-order valence-electron chi connectivity index (χ2n) is 8.51. The van der Waals surface area contributed by atoms with Crippen LogP contribution in [0.15, 0.2) is 47.6 Å². The Kier molecular flexibility index (Phi) is 7.18. The van der Waals surface area contributed by atoms with Crippen LogP contribution in [0, 0.1) is 0 Å². The maximum Gasteiger partial charge on any atom is 0.250 e. The van der Waals surface area contributed by atoms with Crippen molar-refractivity contribution < 1.29 is 18.0 Å². The van der Waals surface area contributed by atoms with E-state index < -0.39 is 10.0 Å². The molecule has 10 heteroatoms. The van der Waals surface area contributed by atoms with Crippen molar-refractivity contribution in [3.8, 4) is 0 Å². The molecular weight excluding hydrogens is 454 g/mol. The van der Waals surface area contributed by atoms with Gasteiger partial charge >= 0.3 is 0 Å². The zero-order valence-electron chi connectivity index (χ0n) is 19.6. The normalized spacial score (nSPS) is 18.0. The van der Waals surface area contributed by atoms with Crippen LogP contribution in [0.4, 0.5) is 11.4 Å². The molecule has 1 aromatic carbocycles. The van der Waals surface area contributed by atoms with E-state index in [0.29, 0.717) is 31.7 Å².